The summed E-state index contributed by atoms with van der Waals surface area (Å²) in [6.07, 6.45) is 2.28. The van der Waals surface area contributed by atoms with Gasteiger partial charge in [-0.2, -0.15) is 0 Å². The third-order valence-electron chi connectivity index (χ3n) is 4.16. The maximum absolute atomic E-state index is 12.2. The first kappa shape index (κ1) is 20.6. The molecular formula is C22H27NO4. The molecule has 1 atom stereocenters. The van der Waals surface area contributed by atoms with Crippen LogP contribution in [0.4, 0.5) is 0 Å². The van der Waals surface area contributed by atoms with E-state index in [1.54, 1.807) is 0 Å². The molecule has 27 heavy (non-hydrogen) atoms. The lowest BCUT2D eigenvalue weighted by Gasteiger charge is -2.16. The molecule has 5 nitrogen and oxygen atoms in total. The highest BCUT2D eigenvalue weighted by Gasteiger charge is 2.21. The van der Waals surface area contributed by atoms with Crippen molar-refractivity contribution in [2.24, 2.45) is 0 Å². The van der Waals surface area contributed by atoms with Crippen molar-refractivity contribution in [1.29, 1.82) is 0 Å². The lowest BCUT2D eigenvalue weighted by Crippen LogP contribution is -2.43. The molecule has 0 radical (unpaired) electrons. The van der Waals surface area contributed by atoms with Gasteiger partial charge in [0.05, 0.1) is 13.7 Å². The van der Waals surface area contributed by atoms with E-state index in [0.29, 0.717) is 32.5 Å². The van der Waals surface area contributed by atoms with Crippen LogP contribution in [0.15, 0.2) is 60.7 Å². The van der Waals surface area contributed by atoms with Crippen LogP contribution < -0.4 is 5.32 Å². The van der Waals surface area contributed by atoms with Crippen molar-refractivity contribution in [3.8, 4) is 0 Å². The Hall–Kier alpha value is -2.66. The van der Waals surface area contributed by atoms with E-state index in [9.17, 15) is 9.59 Å². The molecule has 0 aliphatic heterocycles. The Morgan fingerprint density at radius 3 is 2.19 bits per heavy atom. The number of carbonyl (C=O) groups is 2. The molecule has 1 amide bonds. The zero-order valence-corrected chi connectivity index (χ0v) is 15.7. The molecule has 2 aromatic carbocycles. The fourth-order valence-electron chi connectivity index (χ4n) is 2.71. The summed E-state index contributed by atoms with van der Waals surface area (Å²) >= 11 is 0. The molecular weight excluding hydrogens is 342 g/mol. The Kier molecular flexibility index (Phi) is 9.07. The van der Waals surface area contributed by atoms with Gasteiger partial charge in [0.25, 0.3) is 0 Å². The number of nitrogens with one attached hydrogen (secondary N) is 1. The van der Waals surface area contributed by atoms with Crippen LogP contribution in [0, 0.1) is 0 Å². The fourth-order valence-corrected chi connectivity index (χ4v) is 2.71. The average Bonchev–Trinajstić information content (AvgIpc) is 2.71. The number of carbonyl (C=O) groups excluding carboxylic acids is 2. The molecule has 0 spiro atoms. The number of rotatable bonds is 11. The van der Waals surface area contributed by atoms with Crippen LogP contribution in [0.3, 0.4) is 0 Å². The fraction of sp³-hybridized carbons (Fsp3) is 0.364. The van der Waals surface area contributed by atoms with Crippen LogP contribution in [0.25, 0.3) is 0 Å². The lowest BCUT2D eigenvalue weighted by atomic mass is 10.1. The maximum Gasteiger partial charge on any atom is 0.328 e. The highest BCUT2D eigenvalue weighted by Crippen LogP contribution is 2.06. The molecule has 0 saturated carbocycles. The van der Waals surface area contributed by atoms with Crippen molar-refractivity contribution in [2.45, 2.75) is 38.3 Å². The third-order valence-corrected chi connectivity index (χ3v) is 4.16. The van der Waals surface area contributed by atoms with E-state index in [0.717, 1.165) is 17.5 Å². The molecule has 2 aromatic rings. The van der Waals surface area contributed by atoms with E-state index in [2.05, 4.69) is 5.32 Å². The van der Waals surface area contributed by atoms with Crippen LogP contribution in [-0.4, -0.2) is 31.6 Å². The Morgan fingerprint density at radius 1 is 0.926 bits per heavy atom. The molecule has 0 fully saturated rings. The number of benzene rings is 2. The molecule has 1 N–H and O–H groups in total. The Labute approximate surface area is 160 Å². The van der Waals surface area contributed by atoms with Gasteiger partial charge in [0.15, 0.2) is 0 Å². The third kappa shape index (κ3) is 8.05. The normalized spacial score (nSPS) is 11.6. The topological polar surface area (TPSA) is 64.6 Å². The smallest absolute Gasteiger partial charge is 0.328 e. The number of ether oxygens (including phenoxy) is 2. The minimum absolute atomic E-state index is 0.149. The minimum Gasteiger partial charge on any atom is -0.467 e. The predicted molar refractivity (Wildman–Crippen MR) is 104 cm³/mol. The highest BCUT2D eigenvalue weighted by molar-refractivity contribution is 5.84. The second-order valence-electron chi connectivity index (χ2n) is 6.33. The van der Waals surface area contributed by atoms with E-state index in [1.165, 1.54) is 7.11 Å². The van der Waals surface area contributed by atoms with Gasteiger partial charge in [-0.1, -0.05) is 60.7 Å². The van der Waals surface area contributed by atoms with Crippen LogP contribution in [0.2, 0.25) is 0 Å². The summed E-state index contributed by atoms with van der Waals surface area (Å²) in [5.74, 6) is -0.581. The number of hydrogen-bond donors (Lipinski definition) is 1. The first-order valence-corrected chi connectivity index (χ1v) is 9.22. The minimum atomic E-state index is -0.667. The Balaban J connectivity index is 1.66. The van der Waals surface area contributed by atoms with Crippen molar-refractivity contribution in [3.63, 3.8) is 0 Å². The summed E-state index contributed by atoms with van der Waals surface area (Å²) in [5.41, 5.74) is 2.11. The van der Waals surface area contributed by atoms with Crippen molar-refractivity contribution in [3.05, 3.63) is 71.8 Å². The molecule has 0 unspecified atom stereocenters. The molecule has 5 heteroatoms. The maximum atomic E-state index is 12.2. The zero-order chi connectivity index (χ0) is 19.3. The molecule has 2 rings (SSSR count). The number of hydrogen-bond acceptors (Lipinski definition) is 4. The quantitative estimate of drug-likeness (QED) is 0.488. The van der Waals surface area contributed by atoms with Gasteiger partial charge in [-0.25, -0.2) is 4.79 Å². The van der Waals surface area contributed by atoms with Gasteiger partial charge < -0.3 is 14.8 Å². The second kappa shape index (κ2) is 11.9. The average molecular weight is 369 g/mol. The van der Waals surface area contributed by atoms with E-state index in [1.807, 2.05) is 60.7 Å². The molecule has 0 aliphatic rings. The number of unbranched alkanes of at least 4 members (excludes halogenated alkanes) is 1. The largest absolute Gasteiger partial charge is 0.467 e. The summed E-state index contributed by atoms with van der Waals surface area (Å²) in [7, 11) is 1.33. The van der Waals surface area contributed by atoms with Gasteiger partial charge in [0, 0.05) is 19.4 Å². The van der Waals surface area contributed by atoms with Crippen LogP contribution >= 0.6 is 0 Å². The summed E-state index contributed by atoms with van der Waals surface area (Å²) in [5, 5.41) is 2.78. The number of esters is 1. The van der Waals surface area contributed by atoms with E-state index < -0.39 is 12.0 Å². The van der Waals surface area contributed by atoms with Crippen molar-refractivity contribution in [1.82, 2.24) is 5.32 Å². The highest BCUT2D eigenvalue weighted by atomic mass is 16.5. The summed E-state index contributed by atoms with van der Waals surface area (Å²) in [6, 6.07) is 18.9. The first-order chi connectivity index (χ1) is 13.2. The van der Waals surface area contributed by atoms with E-state index in [4.69, 9.17) is 9.47 Å². The van der Waals surface area contributed by atoms with E-state index in [-0.39, 0.29) is 5.91 Å². The molecule has 0 aliphatic carbocycles. The molecule has 0 heterocycles. The van der Waals surface area contributed by atoms with Crippen molar-refractivity contribution in [2.75, 3.05) is 13.7 Å². The van der Waals surface area contributed by atoms with Gasteiger partial charge in [-0.3, -0.25) is 4.79 Å². The van der Waals surface area contributed by atoms with Crippen LogP contribution in [0.5, 0.6) is 0 Å². The Morgan fingerprint density at radius 2 is 1.56 bits per heavy atom. The van der Waals surface area contributed by atoms with Crippen molar-refractivity contribution < 1.29 is 19.1 Å². The number of methoxy groups -OCH3 is 1. The van der Waals surface area contributed by atoms with Crippen LogP contribution in [0.1, 0.15) is 30.4 Å². The first-order valence-electron chi connectivity index (χ1n) is 9.22. The van der Waals surface area contributed by atoms with Gasteiger partial charge >= 0.3 is 5.97 Å². The van der Waals surface area contributed by atoms with Gasteiger partial charge in [0.1, 0.15) is 6.04 Å². The lowest BCUT2D eigenvalue weighted by molar-refractivity contribution is -0.145. The summed E-state index contributed by atoms with van der Waals surface area (Å²) in [6.45, 7) is 1.18. The SMILES string of the molecule is COC(=O)[C@H](Cc1ccccc1)NC(=O)CCCCOCc1ccccc1. The summed E-state index contributed by atoms with van der Waals surface area (Å²) < 4.78 is 10.4. The molecule has 0 saturated heterocycles. The van der Waals surface area contributed by atoms with Crippen LogP contribution in [-0.2, 0) is 32.1 Å². The monoisotopic (exact) mass is 369 g/mol. The second-order valence-corrected chi connectivity index (χ2v) is 6.33. The van der Waals surface area contributed by atoms with Gasteiger partial charge in [0.2, 0.25) is 5.91 Å². The zero-order valence-electron chi connectivity index (χ0n) is 15.7. The molecule has 0 aromatic heterocycles. The predicted octanol–water partition coefficient (Wildman–Crippen LogP) is 3.27. The number of amides is 1. The van der Waals surface area contributed by atoms with E-state index >= 15 is 0 Å². The summed E-state index contributed by atoms with van der Waals surface area (Å²) in [4.78, 5) is 24.1. The van der Waals surface area contributed by atoms with Gasteiger partial charge in [-0.05, 0) is 24.0 Å². The van der Waals surface area contributed by atoms with Crippen molar-refractivity contribution >= 4 is 11.9 Å². The standard InChI is InChI=1S/C22H27NO4/c1-26-22(25)20(16-18-10-4-2-5-11-18)23-21(24)14-8-9-15-27-17-19-12-6-3-7-13-19/h2-7,10-13,20H,8-9,14-17H2,1H3,(H,23,24)/t20-/m0/s1. The molecule has 0 bridgehead atoms. The molecule has 144 valence electrons. The van der Waals surface area contributed by atoms with Gasteiger partial charge in [-0.15, -0.1) is 0 Å². The Bertz CT molecular complexity index is 688.